The Hall–Kier alpha value is -4.94. The zero-order valence-electron chi connectivity index (χ0n) is 36.4. The molecule has 2 heterocycles. The summed E-state index contributed by atoms with van der Waals surface area (Å²) in [7, 11) is 0. The summed E-state index contributed by atoms with van der Waals surface area (Å²) in [5.74, 6) is 0.171. The van der Waals surface area contributed by atoms with E-state index in [0.717, 1.165) is 127 Å². The van der Waals surface area contributed by atoms with E-state index in [1.807, 2.05) is 103 Å². The molecule has 1 N–H and O–H groups in total. The molecule has 0 unspecified atom stereocenters. The second-order valence-corrected chi connectivity index (χ2v) is 17.3. The van der Waals surface area contributed by atoms with Gasteiger partial charge in [0.2, 0.25) is 17.7 Å². The molecule has 61 heavy (non-hydrogen) atoms. The number of hydrogen-bond donors (Lipinski definition) is 1. The van der Waals surface area contributed by atoms with Crippen molar-refractivity contribution in [3.05, 3.63) is 126 Å². The van der Waals surface area contributed by atoms with Gasteiger partial charge in [0, 0.05) is 126 Å². The fraction of sp³-hybridized carbons (Fsp3) is 0.460. The van der Waals surface area contributed by atoms with Gasteiger partial charge in [0.05, 0.1) is 0 Å². The Balaban J connectivity index is 0.000000185. The Kier molecular flexibility index (Phi) is 14.7. The number of anilines is 3. The lowest BCUT2D eigenvalue weighted by atomic mass is 10.1. The van der Waals surface area contributed by atoms with Crippen molar-refractivity contribution in [1.29, 1.82) is 0 Å². The van der Waals surface area contributed by atoms with Crippen molar-refractivity contribution in [2.24, 2.45) is 0 Å². The van der Waals surface area contributed by atoms with Crippen LogP contribution >= 0.6 is 0 Å². The smallest absolute Gasteiger partial charge is 0.226 e. The fourth-order valence-electron chi connectivity index (χ4n) is 9.08. The molecule has 4 fully saturated rings. The Morgan fingerprint density at radius 3 is 1.41 bits per heavy atom. The summed E-state index contributed by atoms with van der Waals surface area (Å²) in [6.07, 6.45) is 5.68. The molecule has 3 amide bonds. The SMILES string of the molecule is CCC(=O)N(CC1(N2CCN(Cc3ccc(NC(C)=O)cc3)CC2)CC1)c1ccccc1.CCC(=O)N(CC1(N2CCN(Cc3cccc(F)c3)CC2)CC1)c1ccccc1. The Labute approximate surface area is 362 Å². The van der Waals surface area contributed by atoms with Gasteiger partial charge in [0.1, 0.15) is 5.82 Å². The normalized spacial score (nSPS) is 18.6. The summed E-state index contributed by atoms with van der Waals surface area (Å²) in [6, 6.07) is 35.1. The van der Waals surface area contributed by atoms with Gasteiger partial charge in [-0.1, -0.05) is 74.5 Å². The average Bonchev–Trinajstić information content (AvgIpc) is 4.24. The van der Waals surface area contributed by atoms with E-state index in [0.29, 0.717) is 12.8 Å². The molecule has 11 heteroatoms. The van der Waals surface area contributed by atoms with Gasteiger partial charge >= 0.3 is 0 Å². The highest BCUT2D eigenvalue weighted by atomic mass is 19.1. The van der Waals surface area contributed by atoms with E-state index in [4.69, 9.17) is 0 Å². The molecule has 2 aliphatic carbocycles. The Morgan fingerprint density at radius 2 is 1.02 bits per heavy atom. The molecule has 2 aliphatic heterocycles. The zero-order valence-corrected chi connectivity index (χ0v) is 36.4. The van der Waals surface area contributed by atoms with E-state index in [1.165, 1.54) is 18.6 Å². The van der Waals surface area contributed by atoms with E-state index >= 15 is 0 Å². The largest absolute Gasteiger partial charge is 0.326 e. The van der Waals surface area contributed by atoms with Gasteiger partial charge < -0.3 is 15.1 Å². The van der Waals surface area contributed by atoms with E-state index in [-0.39, 0.29) is 34.6 Å². The van der Waals surface area contributed by atoms with Gasteiger partial charge in [-0.2, -0.15) is 0 Å². The van der Waals surface area contributed by atoms with Crippen molar-refractivity contribution in [3.63, 3.8) is 0 Å². The number of carbonyl (C=O) groups is 3. The standard InChI is InChI=1S/C26H34N4O2.C24H30FN3O/c1-3-25(32)30(24-7-5-4-6-8-24)20-26(13-14-26)29-17-15-28(16-18-29)19-22-9-11-23(12-10-22)27-21(2)31;1-2-23(29)28(22-9-4-3-5-10-22)19-24(11-12-24)27-15-13-26(14-16-27)18-20-7-6-8-21(25)17-20/h4-12H,3,13-20H2,1-2H3,(H,27,31);3-10,17H,2,11-16,18-19H2,1H3. The van der Waals surface area contributed by atoms with Gasteiger partial charge in [0.25, 0.3) is 0 Å². The van der Waals surface area contributed by atoms with Gasteiger partial charge in [0.15, 0.2) is 0 Å². The topological polar surface area (TPSA) is 82.7 Å². The van der Waals surface area contributed by atoms with Crippen molar-refractivity contribution in [2.45, 2.75) is 83.5 Å². The second kappa shape index (κ2) is 20.3. The molecule has 0 atom stereocenters. The maximum Gasteiger partial charge on any atom is 0.226 e. The number of para-hydroxylation sites is 2. The third-order valence-corrected chi connectivity index (χ3v) is 13.0. The molecule has 8 rings (SSSR count). The Bertz CT molecular complexity index is 2040. The summed E-state index contributed by atoms with van der Waals surface area (Å²) >= 11 is 0. The molecule has 4 aromatic carbocycles. The van der Waals surface area contributed by atoms with Gasteiger partial charge in [-0.05, 0) is 85.3 Å². The minimum atomic E-state index is -0.167. The van der Waals surface area contributed by atoms with Crippen molar-refractivity contribution >= 4 is 34.8 Å². The van der Waals surface area contributed by atoms with E-state index in [9.17, 15) is 18.8 Å². The molecule has 0 radical (unpaired) electrons. The Morgan fingerprint density at radius 1 is 0.574 bits per heavy atom. The molecular formula is C50H64FN7O3. The van der Waals surface area contributed by atoms with Crippen LogP contribution in [0.15, 0.2) is 109 Å². The summed E-state index contributed by atoms with van der Waals surface area (Å²) in [5.41, 5.74) is 5.38. The predicted molar refractivity (Wildman–Crippen MR) is 243 cm³/mol. The number of carbonyl (C=O) groups excluding carboxylic acids is 3. The first-order valence-electron chi connectivity index (χ1n) is 22.4. The first kappa shape index (κ1) is 44.1. The van der Waals surface area contributed by atoms with Crippen LogP contribution in [-0.2, 0) is 27.5 Å². The van der Waals surface area contributed by atoms with E-state index in [1.54, 1.807) is 12.1 Å². The van der Waals surface area contributed by atoms with Crippen LogP contribution in [-0.4, -0.2) is 114 Å². The number of piperazine rings is 2. The first-order valence-corrected chi connectivity index (χ1v) is 22.4. The highest BCUT2D eigenvalue weighted by Crippen LogP contribution is 2.45. The maximum atomic E-state index is 13.4. The molecular weight excluding hydrogens is 766 g/mol. The van der Waals surface area contributed by atoms with Crippen LogP contribution in [0.3, 0.4) is 0 Å². The van der Waals surface area contributed by atoms with Crippen LogP contribution in [0.25, 0.3) is 0 Å². The lowest BCUT2D eigenvalue weighted by Crippen LogP contribution is -2.55. The minimum absolute atomic E-state index is 0.0469. The molecule has 10 nitrogen and oxygen atoms in total. The highest BCUT2D eigenvalue weighted by Gasteiger charge is 2.51. The monoisotopic (exact) mass is 830 g/mol. The second-order valence-electron chi connectivity index (χ2n) is 17.3. The van der Waals surface area contributed by atoms with Gasteiger partial charge in [-0.15, -0.1) is 0 Å². The van der Waals surface area contributed by atoms with Crippen LogP contribution < -0.4 is 15.1 Å². The van der Waals surface area contributed by atoms with Gasteiger partial charge in [-0.25, -0.2) is 4.39 Å². The lowest BCUT2D eigenvalue weighted by Gasteiger charge is -2.41. The summed E-state index contributed by atoms with van der Waals surface area (Å²) < 4.78 is 13.4. The van der Waals surface area contributed by atoms with E-state index in [2.05, 4.69) is 37.0 Å². The minimum Gasteiger partial charge on any atom is -0.326 e. The van der Waals surface area contributed by atoms with Gasteiger partial charge in [-0.3, -0.25) is 34.0 Å². The number of amides is 3. The van der Waals surface area contributed by atoms with Crippen LogP contribution in [0.1, 0.15) is 70.4 Å². The molecule has 2 saturated heterocycles. The first-order chi connectivity index (χ1) is 29.6. The molecule has 0 bridgehead atoms. The summed E-state index contributed by atoms with van der Waals surface area (Å²) in [5, 5.41) is 2.82. The number of hydrogen-bond acceptors (Lipinski definition) is 7. The number of nitrogens with zero attached hydrogens (tertiary/aromatic N) is 6. The number of halogens is 1. The third-order valence-electron chi connectivity index (χ3n) is 13.0. The number of benzene rings is 4. The van der Waals surface area contributed by atoms with E-state index < -0.39 is 0 Å². The van der Waals surface area contributed by atoms with Crippen LogP contribution in [0.2, 0.25) is 0 Å². The van der Waals surface area contributed by atoms with Crippen LogP contribution in [0, 0.1) is 5.82 Å². The molecule has 4 aromatic rings. The van der Waals surface area contributed by atoms with Crippen molar-refractivity contribution in [1.82, 2.24) is 19.6 Å². The number of nitrogens with one attached hydrogen (secondary N) is 1. The summed E-state index contributed by atoms with van der Waals surface area (Å²) in [6.45, 7) is 16.8. The quantitative estimate of drug-likeness (QED) is 0.132. The number of rotatable bonds is 15. The van der Waals surface area contributed by atoms with Crippen LogP contribution in [0.5, 0.6) is 0 Å². The predicted octanol–water partition coefficient (Wildman–Crippen LogP) is 7.66. The third kappa shape index (κ3) is 11.7. The van der Waals surface area contributed by atoms with Crippen LogP contribution in [0.4, 0.5) is 21.5 Å². The molecule has 324 valence electrons. The highest BCUT2D eigenvalue weighted by molar-refractivity contribution is 5.94. The summed E-state index contributed by atoms with van der Waals surface area (Å²) in [4.78, 5) is 50.6. The molecule has 2 saturated carbocycles. The molecule has 0 spiro atoms. The zero-order chi connectivity index (χ0) is 42.8. The van der Waals surface area contributed by atoms with Crippen molar-refractivity contribution in [3.8, 4) is 0 Å². The molecule has 0 aromatic heterocycles. The maximum absolute atomic E-state index is 13.4. The van der Waals surface area contributed by atoms with Crippen molar-refractivity contribution < 1.29 is 18.8 Å². The average molecular weight is 830 g/mol. The molecule has 4 aliphatic rings. The lowest BCUT2D eigenvalue weighted by molar-refractivity contribution is -0.119. The van der Waals surface area contributed by atoms with Crippen molar-refractivity contribution in [2.75, 3.05) is 80.6 Å². The fourth-order valence-corrected chi connectivity index (χ4v) is 9.08.